The summed E-state index contributed by atoms with van der Waals surface area (Å²) in [5, 5.41) is 17.4. The number of aromatic nitrogens is 2. The van der Waals surface area contributed by atoms with Crippen LogP contribution < -0.4 is 4.74 Å². The number of nitriles is 1. The van der Waals surface area contributed by atoms with Crippen LogP contribution >= 0.6 is 11.8 Å². The van der Waals surface area contributed by atoms with Crippen molar-refractivity contribution in [2.45, 2.75) is 24.0 Å². The number of benzene rings is 2. The van der Waals surface area contributed by atoms with Gasteiger partial charge in [-0.25, -0.2) is 4.39 Å². The Morgan fingerprint density at radius 3 is 2.76 bits per heavy atom. The highest BCUT2D eigenvalue weighted by atomic mass is 32.2. The average molecular weight is 355 g/mol. The molecule has 0 aliphatic rings. The summed E-state index contributed by atoms with van der Waals surface area (Å²) in [4.78, 5) is 0. The van der Waals surface area contributed by atoms with Crippen LogP contribution in [0, 0.1) is 17.1 Å². The molecule has 126 valence electrons. The van der Waals surface area contributed by atoms with Crippen molar-refractivity contribution in [3.63, 3.8) is 0 Å². The zero-order chi connectivity index (χ0) is 17.6. The van der Waals surface area contributed by atoms with Gasteiger partial charge in [-0.15, -0.1) is 10.2 Å². The lowest BCUT2D eigenvalue weighted by molar-refractivity contribution is 0.174. The van der Waals surface area contributed by atoms with E-state index in [1.165, 1.54) is 23.9 Å². The van der Waals surface area contributed by atoms with Gasteiger partial charge in [-0.05, 0) is 30.7 Å². The molecule has 1 atom stereocenters. The molecule has 0 aliphatic carbocycles. The van der Waals surface area contributed by atoms with Gasteiger partial charge < -0.3 is 9.15 Å². The second kappa shape index (κ2) is 7.81. The third-order valence-electron chi connectivity index (χ3n) is 3.40. The molecular formula is C18H14FN3O2S. The molecule has 1 heterocycles. The molecule has 0 spiro atoms. The molecule has 7 heteroatoms. The molecule has 0 saturated carbocycles. The second-order valence-corrected chi connectivity index (χ2v) is 6.08. The summed E-state index contributed by atoms with van der Waals surface area (Å²) < 4.78 is 24.7. The predicted octanol–water partition coefficient (Wildman–Crippen LogP) is 4.51. The third kappa shape index (κ3) is 4.17. The van der Waals surface area contributed by atoms with Crippen molar-refractivity contribution >= 4 is 11.8 Å². The number of hydrogen-bond acceptors (Lipinski definition) is 6. The largest absolute Gasteiger partial charge is 0.478 e. The Morgan fingerprint density at radius 1 is 1.20 bits per heavy atom. The molecule has 0 unspecified atom stereocenters. The van der Waals surface area contributed by atoms with Crippen molar-refractivity contribution in [2.24, 2.45) is 0 Å². The minimum absolute atomic E-state index is 0.130. The van der Waals surface area contributed by atoms with Crippen LogP contribution in [-0.2, 0) is 5.75 Å². The first kappa shape index (κ1) is 17.0. The summed E-state index contributed by atoms with van der Waals surface area (Å²) in [5.41, 5.74) is 1.51. The molecular weight excluding hydrogens is 341 g/mol. The molecule has 0 fully saturated rings. The van der Waals surface area contributed by atoms with Crippen molar-refractivity contribution in [1.82, 2.24) is 10.2 Å². The molecule has 0 radical (unpaired) electrons. The molecule has 1 aromatic heterocycles. The Hall–Kier alpha value is -2.85. The normalized spacial score (nSPS) is 11.7. The van der Waals surface area contributed by atoms with Gasteiger partial charge in [0.25, 0.3) is 11.1 Å². The summed E-state index contributed by atoms with van der Waals surface area (Å²) in [7, 11) is 0. The minimum Gasteiger partial charge on any atom is -0.478 e. The minimum atomic E-state index is -0.579. The van der Waals surface area contributed by atoms with E-state index in [9.17, 15) is 4.39 Å². The average Bonchev–Trinajstić information content (AvgIpc) is 3.11. The van der Waals surface area contributed by atoms with E-state index in [0.717, 1.165) is 5.56 Å². The van der Waals surface area contributed by atoms with Gasteiger partial charge in [0.05, 0.1) is 11.6 Å². The Balaban J connectivity index is 1.64. The fraction of sp³-hybridized carbons (Fsp3) is 0.167. The lowest BCUT2D eigenvalue weighted by atomic mass is 10.1. The molecule has 0 bridgehead atoms. The van der Waals surface area contributed by atoms with E-state index in [1.807, 2.05) is 18.2 Å². The van der Waals surface area contributed by atoms with Crippen LogP contribution in [-0.4, -0.2) is 10.2 Å². The van der Waals surface area contributed by atoms with Gasteiger partial charge in [-0.2, -0.15) is 5.26 Å². The van der Waals surface area contributed by atoms with Crippen LogP contribution in [0.15, 0.2) is 58.2 Å². The van der Waals surface area contributed by atoms with Gasteiger partial charge in [-0.1, -0.05) is 42.1 Å². The molecule has 25 heavy (non-hydrogen) atoms. The molecule has 3 rings (SSSR count). The van der Waals surface area contributed by atoms with E-state index in [1.54, 1.807) is 25.1 Å². The lowest BCUT2D eigenvalue weighted by Gasteiger charge is -2.11. The molecule has 0 saturated heterocycles. The first-order valence-corrected chi connectivity index (χ1v) is 8.51. The second-order valence-electron chi connectivity index (χ2n) is 5.15. The van der Waals surface area contributed by atoms with Crippen molar-refractivity contribution in [1.29, 1.82) is 5.26 Å². The summed E-state index contributed by atoms with van der Waals surface area (Å²) in [6.07, 6.45) is -0.579. The Morgan fingerprint density at radius 2 is 1.96 bits per heavy atom. The zero-order valence-corrected chi connectivity index (χ0v) is 14.2. The van der Waals surface area contributed by atoms with Crippen LogP contribution in [0.4, 0.5) is 4.39 Å². The number of halogens is 1. The quantitative estimate of drug-likeness (QED) is 0.606. The number of ether oxygens (including phenoxy) is 1. The predicted molar refractivity (Wildman–Crippen MR) is 90.5 cm³/mol. The van der Waals surface area contributed by atoms with Crippen LogP contribution in [0.5, 0.6) is 5.75 Å². The first-order valence-electron chi connectivity index (χ1n) is 7.52. The number of nitrogens with zero attached hydrogens (tertiary/aromatic N) is 3. The van der Waals surface area contributed by atoms with Crippen molar-refractivity contribution in [3.8, 4) is 11.8 Å². The Kier molecular flexibility index (Phi) is 5.31. The van der Waals surface area contributed by atoms with E-state index >= 15 is 0 Å². The Labute approximate surface area is 148 Å². The smallest absolute Gasteiger partial charge is 0.277 e. The summed E-state index contributed by atoms with van der Waals surface area (Å²) in [6.45, 7) is 1.71. The van der Waals surface area contributed by atoms with Gasteiger partial charge in [0, 0.05) is 5.75 Å². The summed E-state index contributed by atoms with van der Waals surface area (Å²) >= 11 is 1.33. The highest BCUT2D eigenvalue weighted by Crippen LogP contribution is 2.27. The molecule has 0 aliphatic heterocycles. The van der Waals surface area contributed by atoms with Gasteiger partial charge >= 0.3 is 0 Å². The zero-order valence-electron chi connectivity index (χ0n) is 13.3. The Bertz CT molecular complexity index is 907. The number of rotatable bonds is 6. The van der Waals surface area contributed by atoms with Gasteiger partial charge in [0.15, 0.2) is 17.7 Å². The highest BCUT2D eigenvalue weighted by Gasteiger charge is 2.17. The molecule has 5 nitrogen and oxygen atoms in total. The number of hydrogen-bond donors (Lipinski definition) is 0. The van der Waals surface area contributed by atoms with E-state index in [-0.39, 0.29) is 11.6 Å². The van der Waals surface area contributed by atoms with E-state index in [2.05, 4.69) is 16.3 Å². The van der Waals surface area contributed by atoms with E-state index < -0.39 is 11.9 Å². The van der Waals surface area contributed by atoms with Crippen LogP contribution in [0.3, 0.4) is 0 Å². The van der Waals surface area contributed by atoms with Crippen LogP contribution in [0.2, 0.25) is 0 Å². The third-order valence-corrected chi connectivity index (χ3v) is 4.27. The molecule has 0 amide bonds. The first-order chi connectivity index (χ1) is 12.2. The van der Waals surface area contributed by atoms with E-state index in [0.29, 0.717) is 16.5 Å². The van der Waals surface area contributed by atoms with Gasteiger partial charge in [0.2, 0.25) is 0 Å². The lowest BCUT2D eigenvalue weighted by Crippen LogP contribution is -2.04. The highest BCUT2D eigenvalue weighted by molar-refractivity contribution is 7.98. The van der Waals surface area contributed by atoms with Crippen molar-refractivity contribution < 1.29 is 13.5 Å². The molecule has 0 N–H and O–H groups in total. The SMILES string of the molecule is C[C@@H](Oc1ccccc1F)c1nnc(SCc2ccccc2C#N)o1. The number of thioether (sulfide) groups is 1. The molecule has 2 aromatic carbocycles. The maximum absolute atomic E-state index is 13.6. The maximum atomic E-state index is 13.6. The number of para-hydroxylation sites is 1. The monoisotopic (exact) mass is 355 g/mol. The fourth-order valence-electron chi connectivity index (χ4n) is 2.12. The van der Waals surface area contributed by atoms with Gasteiger partial charge in [0.1, 0.15) is 0 Å². The maximum Gasteiger partial charge on any atom is 0.277 e. The van der Waals surface area contributed by atoms with Gasteiger partial charge in [-0.3, -0.25) is 0 Å². The van der Waals surface area contributed by atoms with Crippen molar-refractivity contribution in [3.05, 3.63) is 71.4 Å². The van der Waals surface area contributed by atoms with Crippen molar-refractivity contribution in [2.75, 3.05) is 0 Å². The van der Waals surface area contributed by atoms with Crippen LogP contribution in [0.1, 0.15) is 30.0 Å². The van der Waals surface area contributed by atoms with E-state index in [4.69, 9.17) is 14.4 Å². The fourth-order valence-corrected chi connectivity index (χ4v) is 2.89. The topological polar surface area (TPSA) is 71.9 Å². The van der Waals surface area contributed by atoms with Crippen LogP contribution in [0.25, 0.3) is 0 Å². The standard InChI is InChI=1S/C18H14FN3O2S/c1-12(23-16-9-5-4-8-15(16)19)17-21-22-18(24-17)25-11-14-7-3-2-6-13(14)10-20/h2-9,12H,11H2,1H3/t12-/m1/s1. The molecule has 3 aromatic rings. The summed E-state index contributed by atoms with van der Waals surface area (Å²) in [6, 6.07) is 15.6. The summed E-state index contributed by atoms with van der Waals surface area (Å²) in [5.74, 6) is 0.481.